The maximum absolute atomic E-state index is 10.8. The topological polar surface area (TPSA) is 96.2 Å². The molecule has 1 saturated heterocycles. The average Bonchev–Trinajstić information content (AvgIpc) is 2.37. The van der Waals surface area contributed by atoms with Crippen molar-refractivity contribution in [3.63, 3.8) is 0 Å². The quantitative estimate of drug-likeness (QED) is 0.559. The zero-order chi connectivity index (χ0) is 14.4. The van der Waals surface area contributed by atoms with E-state index in [1.54, 1.807) is 13.8 Å². The van der Waals surface area contributed by atoms with Gasteiger partial charge in [-0.25, -0.2) is 0 Å². The first-order valence-corrected chi connectivity index (χ1v) is 6.71. The molecule has 0 radical (unpaired) electrons. The van der Waals surface area contributed by atoms with Crippen molar-refractivity contribution in [3.8, 4) is 0 Å². The largest absolute Gasteiger partial charge is 0.394 e. The maximum atomic E-state index is 10.8. The Morgan fingerprint density at radius 1 is 1.26 bits per heavy atom. The molecule has 6 heteroatoms. The summed E-state index contributed by atoms with van der Waals surface area (Å²) in [5.41, 5.74) is 0. The Bertz CT molecular complexity index is 280. The van der Waals surface area contributed by atoms with E-state index in [1.807, 2.05) is 0 Å². The minimum atomic E-state index is -1.10. The number of ether oxygens (including phenoxy) is 2. The van der Waals surface area contributed by atoms with Crippen LogP contribution in [0.2, 0.25) is 0 Å². The molecule has 0 saturated carbocycles. The molecular weight excluding hydrogens is 252 g/mol. The summed E-state index contributed by atoms with van der Waals surface area (Å²) in [6.45, 7) is 3.33. The van der Waals surface area contributed by atoms with E-state index in [4.69, 9.17) is 14.6 Å². The van der Waals surface area contributed by atoms with Gasteiger partial charge in [0.25, 0.3) is 0 Å². The van der Waals surface area contributed by atoms with Gasteiger partial charge in [0.2, 0.25) is 0 Å². The lowest BCUT2D eigenvalue weighted by Crippen LogP contribution is -2.55. The van der Waals surface area contributed by atoms with Gasteiger partial charge in [-0.05, 0) is 19.8 Å². The smallest absolute Gasteiger partial charge is 0.163 e. The van der Waals surface area contributed by atoms with Crippen molar-refractivity contribution in [2.75, 3.05) is 13.2 Å². The molecule has 112 valence electrons. The van der Waals surface area contributed by atoms with Crippen LogP contribution >= 0.6 is 0 Å². The number of unbranched alkanes of at least 4 members (excludes halogenated alkanes) is 1. The van der Waals surface area contributed by atoms with Gasteiger partial charge in [0.1, 0.15) is 18.0 Å². The third-order valence-electron chi connectivity index (χ3n) is 3.39. The number of Topliss-reactive ketones (excluding diaryl/α,β-unsaturated/α-hetero) is 1. The number of ketones is 1. The predicted molar refractivity (Wildman–Crippen MR) is 67.4 cm³/mol. The predicted octanol–water partition coefficient (Wildman–Crippen LogP) is -0.163. The van der Waals surface area contributed by atoms with E-state index in [0.29, 0.717) is 13.0 Å². The first-order chi connectivity index (χ1) is 8.97. The molecule has 1 aliphatic rings. The Labute approximate surface area is 113 Å². The standard InChI is InChI=1S/C13H24O6/c1-8(15)5-3-4-6-18-13-9(2)11(16)12(17)10(7-14)19-13/h9-14,16-17H,3-7H2,1-2H3/t9?,10?,11-,12+,13-/m1/s1. The van der Waals surface area contributed by atoms with Crippen LogP contribution in [0.15, 0.2) is 0 Å². The van der Waals surface area contributed by atoms with E-state index >= 15 is 0 Å². The third-order valence-corrected chi connectivity index (χ3v) is 3.39. The van der Waals surface area contributed by atoms with Crippen LogP contribution in [-0.2, 0) is 14.3 Å². The van der Waals surface area contributed by atoms with Crippen LogP contribution in [0.1, 0.15) is 33.1 Å². The van der Waals surface area contributed by atoms with Gasteiger partial charge in [-0.2, -0.15) is 0 Å². The van der Waals surface area contributed by atoms with Crippen LogP contribution in [0.25, 0.3) is 0 Å². The summed E-state index contributed by atoms with van der Waals surface area (Å²) < 4.78 is 10.9. The summed E-state index contributed by atoms with van der Waals surface area (Å²) in [5, 5.41) is 28.6. The molecule has 0 aromatic carbocycles. The SMILES string of the molecule is CC(=O)CCCCO[C@@H]1OC(CO)[C@H](O)[C@H](O)C1C. The molecule has 6 nitrogen and oxygen atoms in total. The van der Waals surface area contributed by atoms with E-state index in [9.17, 15) is 15.0 Å². The van der Waals surface area contributed by atoms with Crippen LogP contribution < -0.4 is 0 Å². The Morgan fingerprint density at radius 2 is 1.95 bits per heavy atom. The maximum Gasteiger partial charge on any atom is 0.163 e. The Hall–Kier alpha value is -0.530. The van der Waals surface area contributed by atoms with Gasteiger partial charge >= 0.3 is 0 Å². The van der Waals surface area contributed by atoms with Crippen LogP contribution in [0.4, 0.5) is 0 Å². The van der Waals surface area contributed by atoms with Crippen molar-refractivity contribution < 1.29 is 29.6 Å². The zero-order valence-corrected chi connectivity index (χ0v) is 11.5. The highest BCUT2D eigenvalue weighted by molar-refractivity contribution is 5.75. The summed E-state index contributed by atoms with van der Waals surface area (Å²) in [5.74, 6) is -0.216. The van der Waals surface area contributed by atoms with Crippen molar-refractivity contribution in [2.45, 2.75) is 57.7 Å². The van der Waals surface area contributed by atoms with Crippen LogP contribution in [0.3, 0.4) is 0 Å². The van der Waals surface area contributed by atoms with Gasteiger partial charge in [0.05, 0.1) is 12.7 Å². The number of hydrogen-bond acceptors (Lipinski definition) is 6. The molecule has 0 aromatic heterocycles. The summed E-state index contributed by atoms with van der Waals surface area (Å²) in [7, 11) is 0. The van der Waals surface area contributed by atoms with Crippen molar-refractivity contribution >= 4 is 5.78 Å². The van der Waals surface area contributed by atoms with E-state index in [1.165, 1.54) is 0 Å². The molecule has 2 unspecified atom stereocenters. The first-order valence-electron chi connectivity index (χ1n) is 6.71. The van der Waals surface area contributed by atoms with Gasteiger partial charge < -0.3 is 29.6 Å². The fourth-order valence-corrected chi connectivity index (χ4v) is 2.09. The van der Waals surface area contributed by atoms with Crippen LogP contribution in [-0.4, -0.2) is 58.9 Å². The Balaban J connectivity index is 2.33. The second-order valence-electron chi connectivity index (χ2n) is 5.10. The van der Waals surface area contributed by atoms with Crippen molar-refractivity contribution in [3.05, 3.63) is 0 Å². The molecule has 1 aliphatic heterocycles. The van der Waals surface area contributed by atoms with Crippen LogP contribution in [0, 0.1) is 5.92 Å². The number of aliphatic hydroxyl groups excluding tert-OH is 3. The molecular formula is C13H24O6. The van der Waals surface area contributed by atoms with Crippen LogP contribution in [0.5, 0.6) is 0 Å². The minimum Gasteiger partial charge on any atom is -0.394 e. The molecule has 0 spiro atoms. The first kappa shape index (κ1) is 16.5. The fraction of sp³-hybridized carbons (Fsp3) is 0.923. The second-order valence-corrected chi connectivity index (χ2v) is 5.10. The van der Waals surface area contributed by atoms with Gasteiger partial charge in [0, 0.05) is 18.9 Å². The van der Waals surface area contributed by atoms with Crippen molar-refractivity contribution in [1.29, 1.82) is 0 Å². The molecule has 1 heterocycles. The number of rotatable bonds is 7. The average molecular weight is 276 g/mol. The summed E-state index contributed by atoms with van der Waals surface area (Å²) >= 11 is 0. The van der Waals surface area contributed by atoms with E-state index in [0.717, 1.165) is 12.8 Å². The molecule has 1 fully saturated rings. The lowest BCUT2D eigenvalue weighted by molar-refractivity contribution is -0.282. The van der Waals surface area contributed by atoms with E-state index in [2.05, 4.69) is 0 Å². The lowest BCUT2D eigenvalue weighted by atomic mass is 9.92. The number of carbonyl (C=O) groups is 1. The summed E-state index contributed by atoms with van der Waals surface area (Å²) in [4.78, 5) is 10.8. The molecule has 0 amide bonds. The molecule has 5 atom stereocenters. The molecule has 0 bridgehead atoms. The number of hydrogen-bond donors (Lipinski definition) is 3. The van der Waals surface area contributed by atoms with Gasteiger partial charge in [0.15, 0.2) is 6.29 Å². The Morgan fingerprint density at radius 3 is 2.53 bits per heavy atom. The highest BCUT2D eigenvalue weighted by atomic mass is 16.7. The number of aliphatic hydroxyl groups is 3. The fourth-order valence-electron chi connectivity index (χ4n) is 2.09. The minimum absolute atomic E-state index is 0.154. The van der Waals surface area contributed by atoms with Crippen molar-refractivity contribution in [2.24, 2.45) is 5.92 Å². The third kappa shape index (κ3) is 4.81. The van der Waals surface area contributed by atoms with Gasteiger partial charge in [-0.15, -0.1) is 0 Å². The van der Waals surface area contributed by atoms with Gasteiger partial charge in [-0.3, -0.25) is 0 Å². The highest BCUT2D eigenvalue weighted by Crippen LogP contribution is 2.26. The second kappa shape index (κ2) is 7.91. The monoisotopic (exact) mass is 276 g/mol. The van der Waals surface area contributed by atoms with Gasteiger partial charge in [-0.1, -0.05) is 6.92 Å². The highest BCUT2D eigenvalue weighted by Gasteiger charge is 2.42. The molecule has 1 rings (SSSR count). The molecule has 0 aliphatic carbocycles. The summed E-state index contributed by atoms with van der Waals surface area (Å²) in [6, 6.07) is 0. The molecule has 3 N–H and O–H groups in total. The summed E-state index contributed by atoms with van der Waals surface area (Å²) in [6.07, 6.45) is -1.53. The van der Waals surface area contributed by atoms with E-state index < -0.39 is 24.6 Å². The lowest BCUT2D eigenvalue weighted by Gasteiger charge is -2.40. The normalized spacial score (nSPS) is 35.3. The molecule has 19 heavy (non-hydrogen) atoms. The Kier molecular flexibility index (Phi) is 6.88. The van der Waals surface area contributed by atoms with E-state index in [-0.39, 0.29) is 18.3 Å². The molecule has 0 aromatic rings. The van der Waals surface area contributed by atoms with Crippen molar-refractivity contribution in [1.82, 2.24) is 0 Å². The zero-order valence-electron chi connectivity index (χ0n) is 11.5. The number of carbonyl (C=O) groups excluding carboxylic acids is 1.